The number of amides is 1. The van der Waals surface area contributed by atoms with Gasteiger partial charge in [0.15, 0.2) is 6.29 Å². The second-order valence-electron chi connectivity index (χ2n) is 22.5. The molecule has 0 saturated carbocycles. The minimum absolute atomic E-state index is 0.251. The molecule has 1 aliphatic rings. The van der Waals surface area contributed by atoms with E-state index in [1.54, 1.807) is 0 Å². The summed E-state index contributed by atoms with van der Waals surface area (Å²) < 4.78 is 11.2. The molecule has 0 radical (unpaired) electrons. The highest BCUT2D eigenvalue weighted by molar-refractivity contribution is 5.80. The molecule has 0 spiro atoms. The molecule has 438 valence electrons. The highest BCUT2D eigenvalue weighted by Gasteiger charge is 2.44. The first kappa shape index (κ1) is 70.6. The van der Waals surface area contributed by atoms with Crippen molar-refractivity contribution in [3.05, 3.63) is 24.3 Å². The Kier molecular flexibility index (Phi) is 49.9. The van der Waals surface area contributed by atoms with Gasteiger partial charge in [0.2, 0.25) is 5.91 Å². The number of hydrogen-bond donors (Lipinski definition) is 8. The van der Waals surface area contributed by atoms with E-state index in [1.165, 1.54) is 218 Å². The Morgan fingerprint density at radius 2 is 0.797 bits per heavy atom. The highest BCUT2D eigenvalue weighted by atomic mass is 16.7. The van der Waals surface area contributed by atoms with Crippen LogP contribution in [-0.2, 0) is 14.3 Å². The van der Waals surface area contributed by atoms with Crippen LogP contribution in [0.1, 0.15) is 303 Å². The maximum absolute atomic E-state index is 13.2. The van der Waals surface area contributed by atoms with Crippen molar-refractivity contribution in [1.29, 1.82) is 0 Å². The first-order valence-corrected chi connectivity index (χ1v) is 31.7. The fourth-order valence-electron chi connectivity index (χ4n) is 10.3. The van der Waals surface area contributed by atoms with Crippen molar-refractivity contribution in [2.24, 2.45) is 0 Å². The van der Waals surface area contributed by atoms with Gasteiger partial charge in [-0.15, -0.1) is 0 Å². The molecule has 1 amide bonds. The smallest absolute Gasteiger partial charge is 0.249 e. The summed E-state index contributed by atoms with van der Waals surface area (Å²) in [5.74, 6) is -0.705. The molecule has 8 N–H and O–H groups in total. The maximum Gasteiger partial charge on any atom is 0.249 e. The Labute approximate surface area is 454 Å². The van der Waals surface area contributed by atoms with Gasteiger partial charge in [0, 0.05) is 0 Å². The van der Waals surface area contributed by atoms with Crippen LogP contribution in [0.2, 0.25) is 0 Å². The van der Waals surface area contributed by atoms with Crippen molar-refractivity contribution in [2.75, 3.05) is 13.2 Å². The van der Waals surface area contributed by atoms with Gasteiger partial charge in [0.05, 0.1) is 25.4 Å². The highest BCUT2D eigenvalue weighted by Crippen LogP contribution is 2.24. The molecule has 0 aromatic carbocycles. The Morgan fingerprint density at radius 3 is 1.16 bits per heavy atom. The minimum Gasteiger partial charge on any atom is -0.394 e. The monoisotopic (exact) mass is 1050 g/mol. The number of rotatable bonds is 55. The standard InChI is InChI=1S/C63H121NO10/c1-3-5-7-9-11-13-15-17-19-21-23-25-27-29-30-32-34-36-38-40-42-44-46-48-50-55(66)58(68)54(53-73-63-61(71)60(70)59(69)57(52-65)74-63)64-62(72)56(67)51-49-47-45-43-41-39-37-35-33-31-28-26-24-22-20-18-16-14-12-10-8-6-4-2/h31,33,42,44,54-61,63,65-71H,3-30,32,34-41,43,45-53H2,1-2H3,(H,64,72)/b33-31-,44-42+. The lowest BCUT2D eigenvalue weighted by Crippen LogP contribution is -2.60. The lowest BCUT2D eigenvalue weighted by molar-refractivity contribution is -0.303. The van der Waals surface area contributed by atoms with Crippen molar-refractivity contribution in [3.63, 3.8) is 0 Å². The molecule has 11 heteroatoms. The van der Waals surface area contributed by atoms with Gasteiger partial charge >= 0.3 is 0 Å². The Balaban J connectivity index is 2.29. The number of hydrogen-bond acceptors (Lipinski definition) is 10. The SMILES string of the molecule is CCCCCCCCCCCCCC/C=C\CCCCCCCCCC(O)C(=O)NC(COC1OC(CO)C(O)C(O)C1O)C(O)C(O)CCC/C=C/CCCCCCCCCCCCCCCCCCCCC. The van der Waals surface area contributed by atoms with Gasteiger partial charge in [-0.3, -0.25) is 4.79 Å². The van der Waals surface area contributed by atoms with Crippen LogP contribution in [0.15, 0.2) is 24.3 Å². The third kappa shape index (κ3) is 39.9. The molecule has 74 heavy (non-hydrogen) atoms. The van der Waals surface area contributed by atoms with E-state index in [4.69, 9.17) is 9.47 Å². The van der Waals surface area contributed by atoms with Gasteiger partial charge in [0.1, 0.15) is 36.6 Å². The molecular formula is C63H121NO10. The molecule has 1 fully saturated rings. The van der Waals surface area contributed by atoms with E-state index < -0.39 is 74.2 Å². The molecule has 11 nitrogen and oxygen atoms in total. The van der Waals surface area contributed by atoms with Gasteiger partial charge in [-0.2, -0.15) is 0 Å². The lowest BCUT2D eigenvalue weighted by Gasteiger charge is -2.40. The Morgan fingerprint density at radius 1 is 0.459 bits per heavy atom. The second kappa shape index (κ2) is 52.3. The largest absolute Gasteiger partial charge is 0.394 e. The lowest BCUT2D eigenvalue weighted by atomic mass is 9.98. The molecule has 9 atom stereocenters. The number of aliphatic hydroxyl groups excluding tert-OH is 7. The van der Waals surface area contributed by atoms with Gasteiger partial charge in [0.25, 0.3) is 0 Å². The topological polar surface area (TPSA) is 189 Å². The summed E-state index contributed by atoms with van der Waals surface area (Å²) in [4.78, 5) is 13.2. The minimum atomic E-state index is -1.67. The first-order valence-electron chi connectivity index (χ1n) is 31.7. The quantitative estimate of drug-likeness (QED) is 0.0215. The number of ether oxygens (including phenoxy) is 2. The number of allylic oxidation sites excluding steroid dienone is 4. The summed E-state index contributed by atoms with van der Waals surface area (Å²) in [7, 11) is 0. The number of carbonyl (C=O) groups excluding carboxylic acids is 1. The van der Waals surface area contributed by atoms with Crippen molar-refractivity contribution < 1.29 is 50.0 Å². The van der Waals surface area contributed by atoms with Crippen molar-refractivity contribution in [1.82, 2.24) is 5.32 Å². The predicted molar refractivity (Wildman–Crippen MR) is 307 cm³/mol. The fourth-order valence-corrected chi connectivity index (χ4v) is 10.3. The summed E-state index contributed by atoms with van der Waals surface area (Å²) in [5.41, 5.74) is 0. The summed E-state index contributed by atoms with van der Waals surface area (Å²) in [5, 5.41) is 76.3. The molecule has 1 saturated heterocycles. The summed E-state index contributed by atoms with van der Waals surface area (Å²) in [6.07, 6.45) is 52.4. The number of unbranched alkanes of at least 4 members (excludes halogenated alkanes) is 39. The van der Waals surface area contributed by atoms with E-state index in [1.807, 2.05) is 0 Å². The number of carbonyl (C=O) groups is 1. The Bertz CT molecular complexity index is 1250. The van der Waals surface area contributed by atoms with Crippen LogP contribution in [-0.4, -0.2) is 110 Å². The van der Waals surface area contributed by atoms with Crippen LogP contribution in [0, 0.1) is 0 Å². The van der Waals surface area contributed by atoms with Crippen LogP contribution in [0.5, 0.6) is 0 Å². The average molecular weight is 1050 g/mol. The van der Waals surface area contributed by atoms with Gasteiger partial charge in [-0.05, 0) is 64.2 Å². The summed E-state index contributed by atoms with van der Waals surface area (Å²) in [6, 6.07) is -1.19. The van der Waals surface area contributed by atoms with Crippen LogP contribution in [0.3, 0.4) is 0 Å². The zero-order valence-electron chi connectivity index (χ0n) is 48.1. The van der Waals surface area contributed by atoms with Gasteiger partial charge in [-0.25, -0.2) is 0 Å². The average Bonchev–Trinajstić information content (AvgIpc) is 3.40. The zero-order chi connectivity index (χ0) is 54.0. The predicted octanol–water partition coefficient (Wildman–Crippen LogP) is 14.1. The van der Waals surface area contributed by atoms with Crippen LogP contribution in [0.4, 0.5) is 0 Å². The molecule has 0 aliphatic carbocycles. The van der Waals surface area contributed by atoms with Crippen LogP contribution in [0.25, 0.3) is 0 Å². The Hall–Kier alpha value is -1.41. The maximum atomic E-state index is 13.2. The van der Waals surface area contributed by atoms with Crippen LogP contribution >= 0.6 is 0 Å². The molecule has 1 aliphatic heterocycles. The summed E-state index contributed by atoms with van der Waals surface area (Å²) in [6.45, 7) is 3.48. The molecule has 0 aromatic heterocycles. The zero-order valence-corrected chi connectivity index (χ0v) is 48.1. The summed E-state index contributed by atoms with van der Waals surface area (Å²) >= 11 is 0. The van der Waals surface area contributed by atoms with Crippen molar-refractivity contribution in [3.8, 4) is 0 Å². The van der Waals surface area contributed by atoms with E-state index in [0.717, 1.165) is 44.9 Å². The third-order valence-corrected chi connectivity index (χ3v) is 15.5. The van der Waals surface area contributed by atoms with E-state index in [-0.39, 0.29) is 12.8 Å². The second-order valence-corrected chi connectivity index (χ2v) is 22.5. The molecule has 1 rings (SSSR count). The fraction of sp³-hybridized carbons (Fsp3) is 0.921. The van der Waals surface area contributed by atoms with E-state index in [0.29, 0.717) is 12.8 Å². The number of nitrogens with one attached hydrogen (secondary N) is 1. The van der Waals surface area contributed by atoms with Crippen molar-refractivity contribution >= 4 is 5.91 Å². The van der Waals surface area contributed by atoms with Crippen molar-refractivity contribution in [2.45, 2.75) is 358 Å². The molecular weight excluding hydrogens is 931 g/mol. The van der Waals surface area contributed by atoms with E-state index in [9.17, 15) is 40.5 Å². The normalized spacial score (nSPS) is 19.9. The molecule has 9 unspecified atom stereocenters. The van der Waals surface area contributed by atoms with Gasteiger partial charge < -0.3 is 50.5 Å². The number of aliphatic hydroxyl groups is 7. The molecule has 1 heterocycles. The third-order valence-electron chi connectivity index (χ3n) is 15.5. The molecule has 0 bridgehead atoms. The van der Waals surface area contributed by atoms with E-state index >= 15 is 0 Å². The molecule has 0 aromatic rings. The van der Waals surface area contributed by atoms with Gasteiger partial charge in [-0.1, -0.05) is 263 Å². The van der Waals surface area contributed by atoms with Crippen LogP contribution < -0.4 is 5.32 Å². The first-order chi connectivity index (χ1) is 36.2. The van der Waals surface area contributed by atoms with E-state index in [2.05, 4.69) is 43.5 Å².